The Morgan fingerprint density at radius 1 is 0.875 bits per heavy atom. The van der Waals surface area contributed by atoms with Crippen molar-refractivity contribution in [2.24, 2.45) is 11.7 Å². The molecule has 2 heteroatoms. The largest absolute Gasteiger partial charge is 0.330 e. The minimum atomic E-state index is 0. The predicted octanol–water partition coefficient (Wildman–Crippen LogP) is 4.48. The molecule has 0 spiro atoms. The molecule has 16 heavy (non-hydrogen) atoms. The van der Waals surface area contributed by atoms with Gasteiger partial charge < -0.3 is 5.73 Å². The van der Waals surface area contributed by atoms with E-state index in [1.54, 1.807) is 0 Å². The Morgan fingerprint density at radius 2 is 1.38 bits per heavy atom. The molecule has 0 aromatic carbocycles. The van der Waals surface area contributed by atoms with Crippen molar-refractivity contribution in [2.45, 2.75) is 51.4 Å². The lowest BCUT2D eigenvalue weighted by atomic mass is 9.94. The third kappa shape index (κ3) is 11.8. The Kier molecular flexibility index (Phi) is 16.7. The number of nitrogens with two attached hydrogens (primary N) is 1. The lowest BCUT2D eigenvalue weighted by Gasteiger charge is -2.12. The van der Waals surface area contributed by atoms with Crippen LogP contribution in [0.1, 0.15) is 51.4 Å². The van der Waals surface area contributed by atoms with Gasteiger partial charge in [-0.3, -0.25) is 0 Å². The summed E-state index contributed by atoms with van der Waals surface area (Å²) >= 11 is 0. The summed E-state index contributed by atoms with van der Waals surface area (Å²) in [6, 6.07) is 0. The molecule has 0 aliphatic rings. The van der Waals surface area contributed by atoms with Crippen LogP contribution in [0.25, 0.3) is 0 Å². The van der Waals surface area contributed by atoms with E-state index in [4.69, 9.17) is 5.73 Å². The van der Waals surface area contributed by atoms with Crippen molar-refractivity contribution in [3.05, 3.63) is 25.3 Å². The van der Waals surface area contributed by atoms with Gasteiger partial charge in [0.2, 0.25) is 0 Å². The van der Waals surface area contributed by atoms with Crippen molar-refractivity contribution in [3.8, 4) is 0 Å². The molecular weight excluding hydrogens is 218 g/mol. The maximum atomic E-state index is 5.45. The Labute approximate surface area is 108 Å². The van der Waals surface area contributed by atoms with Gasteiger partial charge in [0, 0.05) is 0 Å². The van der Waals surface area contributed by atoms with Crippen LogP contribution in [0.4, 0.5) is 0 Å². The molecule has 0 saturated carbocycles. The van der Waals surface area contributed by atoms with Gasteiger partial charge in [-0.15, -0.1) is 25.6 Å². The zero-order valence-corrected chi connectivity index (χ0v) is 11.3. The maximum Gasteiger partial charge on any atom is -0.00773 e. The number of rotatable bonds is 11. The summed E-state index contributed by atoms with van der Waals surface area (Å²) in [4.78, 5) is 0. The molecular formula is C14H28ClN. The molecule has 0 fully saturated rings. The maximum absolute atomic E-state index is 5.45. The van der Waals surface area contributed by atoms with Crippen molar-refractivity contribution in [1.29, 1.82) is 0 Å². The van der Waals surface area contributed by atoms with Crippen LogP contribution in [0.2, 0.25) is 0 Å². The van der Waals surface area contributed by atoms with E-state index in [1.165, 1.54) is 38.5 Å². The standard InChI is InChI=1S/C14H27N.ClH/c1-3-10-14(11-4-2)12-8-6-5-7-9-13-15;/h3-4,14H,1-2,5-13,15H2;1H. The molecule has 0 rings (SSSR count). The molecule has 0 saturated heterocycles. The van der Waals surface area contributed by atoms with E-state index in [1.807, 2.05) is 12.2 Å². The zero-order valence-electron chi connectivity index (χ0n) is 10.5. The van der Waals surface area contributed by atoms with E-state index in [0.29, 0.717) is 0 Å². The predicted molar refractivity (Wildman–Crippen MR) is 77.1 cm³/mol. The van der Waals surface area contributed by atoms with Gasteiger partial charge in [-0.25, -0.2) is 0 Å². The van der Waals surface area contributed by atoms with Gasteiger partial charge in [0.1, 0.15) is 0 Å². The Morgan fingerprint density at radius 3 is 1.88 bits per heavy atom. The molecule has 0 heterocycles. The van der Waals surface area contributed by atoms with Crippen LogP contribution in [0.3, 0.4) is 0 Å². The summed E-state index contributed by atoms with van der Waals surface area (Å²) < 4.78 is 0. The average Bonchev–Trinajstić information content (AvgIpc) is 2.24. The highest BCUT2D eigenvalue weighted by Gasteiger charge is 2.03. The van der Waals surface area contributed by atoms with Crippen LogP contribution in [0.15, 0.2) is 25.3 Å². The number of hydrogen-bond acceptors (Lipinski definition) is 1. The van der Waals surface area contributed by atoms with Gasteiger partial charge in [-0.05, 0) is 38.1 Å². The van der Waals surface area contributed by atoms with Crippen LogP contribution >= 0.6 is 12.4 Å². The van der Waals surface area contributed by atoms with E-state index in [9.17, 15) is 0 Å². The van der Waals surface area contributed by atoms with E-state index >= 15 is 0 Å². The summed E-state index contributed by atoms with van der Waals surface area (Å²) in [5, 5.41) is 0. The summed E-state index contributed by atoms with van der Waals surface area (Å²) in [7, 11) is 0. The molecule has 0 aromatic rings. The van der Waals surface area contributed by atoms with Gasteiger partial charge in [0.05, 0.1) is 0 Å². The first kappa shape index (κ1) is 18.1. The normalized spacial score (nSPS) is 9.88. The number of hydrogen-bond donors (Lipinski definition) is 1. The molecule has 0 unspecified atom stereocenters. The van der Waals surface area contributed by atoms with Gasteiger partial charge in [0.25, 0.3) is 0 Å². The molecule has 0 aromatic heterocycles. The fourth-order valence-electron chi connectivity index (χ4n) is 1.91. The van der Waals surface area contributed by atoms with Crippen molar-refractivity contribution in [2.75, 3.05) is 6.54 Å². The topological polar surface area (TPSA) is 26.0 Å². The second kappa shape index (κ2) is 14.7. The second-order valence-corrected chi connectivity index (χ2v) is 4.26. The molecule has 0 aliphatic carbocycles. The highest BCUT2D eigenvalue weighted by molar-refractivity contribution is 5.85. The molecule has 0 bridgehead atoms. The van der Waals surface area contributed by atoms with Crippen molar-refractivity contribution < 1.29 is 0 Å². The second-order valence-electron chi connectivity index (χ2n) is 4.26. The molecule has 2 N–H and O–H groups in total. The van der Waals surface area contributed by atoms with E-state index in [-0.39, 0.29) is 12.4 Å². The first-order valence-corrected chi connectivity index (χ1v) is 6.27. The molecule has 0 aliphatic heterocycles. The van der Waals surface area contributed by atoms with Crippen LogP contribution in [0, 0.1) is 5.92 Å². The van der Waals surface area contributed by atoms with Gasteiger partial charge in [-0.1, -0.05) is 37.8 Å². The average molecular weight is 246 g/mol. The van der Waals surface area contributed by atoms with Gasteiger partial charge >= 0.3 is 0 Å². The van der Waals surface area contributed by atoms with Crippen molar-refractivity contribution in [1.82, 2.24) is 0 Å². The van der Waals surface area contributed by atoms with Crippen molar-refractivity contribution >= 4 is 12.4 Å². The first-order chi connectivity index (χ1) is 7.35. The lowest BCUT2D eigenvalue weighted by molar-refractivity contribution is 0.459. The third-order valence-corrected chi connectivity index (χ3v) is 2.82. The van der Waals surface area contributed by atoms with Crippen LogP contribution < -0.4 is 5.73 Å². The van der Waals surface area contributed by atoms with Gasteiger partial charge in [0.15, 0.2) is 0 Å². The van der Waals surface area contributed by atoms with E-state index in [0.717, 1.165) is 25.3 Å². The minimum absolute atomic E-state index is 0. The van der Waals surface area contributed by atoms with E-state index < -0.39 is 0 Å². The molecule has 0 radical (unpaired) electrons. The monoisotopic (exact) mass is 245 g/mol. The quantitative estimate of drug-likeness (QED) is 0.422. The Balaban J connectivity index is 0. The summed E-state index contributed by atoms with van der Waals surface area (Å²) in [6.45, 7) is 8.45. The van der Waals surface area contributed by atoms with Crippen LogP contribution in [0.5, 0.6) is 0 Å². The summed E-state index contributed by atoms with van der Waals surface area (Å²) in [6.07, 6.45) is 14.2. The highest BCUT2D eigenvalue weighted by Crippen LogP contribution is 2.18. The Bertz CT molecular complexity index is 147. The van der Waals surface area contributed by atoms with Crippen LogP contribution in [-0.4, -0.2) is 6.54 Å². The Hall–Kier alpha value is -0.270. The first-order valence-electron chi connectivity index (χ1n) is 6.27. The zero-order chi connectivity index (χ0) is 11.4. The molecule has 1 nitrogen and oxygen atoms in total. The van der Waals surface area contributed by atoms with Crippen molar-refractivity contribution in [3.63, 3.8) is 0 Å². The highest BCUT2D eigenvalue weighted by atomic mass is 35.5. The third-order valence-electron chi connectivity index (χ3n) is 2.82. The fraction of sp³-hybridized carbons (Fsp3) is 0.714. The van der Waals surface area contributed by atoms with Gasteiger partial charge in [-0.2, -0.15) is 0 Å². The fourth-order valence-corrected chi connectivity index (χ4v) is 1.91. The molecule has 0 atom stereocenters. The molecule has 96 valence electrons. The number of halogens is 1. The van der Waals surface area contributed by atoms with Crippen LogP contribution in [-0.2, 0) is 0 Å². The number of allylic oxidation sites excluding steroid dienone is 2. The smallest absolute Gasteiger partial charge is 0.00773 e. The lowest BCUT2D eigenvalue weighted by Crippen LogP contribution is -1.99. The molecule has 0 amide bonds. The summed E-state index contributed by atoms with van der Waals surface area (Å²) in [5.74, 6) is 0.773. The number of unbranched alkanes of at least 4 members (excludes halogenated alkanes) is 4. The summed E-state index contributed by atoms with van der Waals surface area (Å²) in [5.41, 5.74) is 5.45. The minimum Gasteiger partial charge on any atom is -0.330 e. The van der Waals surface area contributed by atoms with E-state index in [2.05, 4.69) is 13.2 Å². The SMILES string of the molecule is C=CCC(CC=C)CCCCCCCN.Cl.